The van der Waals surface area contributed by atoms with Crippen molar-refractivity contribution >= 4 is 23.6 Å². The Morgan fingerprint density at radius 3 is 2.72 bits per heavy atom. The number of primary amides is 1. The monoisotopic (exact) mass is 411 g/mol. The van der Waals surface area contributed by atoms with E-state index in [2.05, 4.69) is 15.5 Å². The van der Waals surface area contributed by atoms with Gasteiger partial charge in [-0.25, -0.2) is 0 Å². The number of thioether (sulfide) groups is 1. The first-order valence-electron chi connectivity index (χ1n) is 8.89. The van der Waals surface area contributed by atoms with Gasteiger partial charge in [0.05, 0.1) is 12.9 Å². The van der Waals surface area contributed by atoms with Crippen molar-refractivity contribution in [1.82, 2.24) is 20.1 Å². The third kappa shape index (κ3) is 5.58. The fraction of sp³-hybridized carbons (Fsp3) is 0.200. The molecule has 0 aliphatic heterocycles. The number of amides is 2. The van der Waals surface area contributed by atoms with Gasteiger partial charge in [-0.15, -0.1) is 10.2 Å². The lowest BCUT2D eigenvalue weighted by atomic mass is 10.1. The smallest absolute Gasteiger partial charge is 0.248 e. The van der Waals surface area contributed by atoms with Gasteiger partial charge >= 0.3 is 0 Å². The van der Waals surface area contributed by atoms with Crippen LogP contribution in [-0.2, 0) is 11.2 Å². The van der Waals surface area contributed by atoms with Gasteiger partial charge in [0.1, 0.15) is 12.1 Å². The highest BCUT2D eigenvalue weighted by Gasteiger charge is 2.10. The van der Waals surface area contributed by atoms with Crippen LogP contribution in [0.4, 0.5) is 0 Å². The predicted octanol–water partition coefficient (Wildman–Crippen LogP) is 1.83. The topological polar surface area (TPSA) is 112 Å². The number of hydrogen-bond acceptors (Lipinski definition) is 6. The lowest BCUT2D eigenvalue weighted by molar-refractivity contribution is -0.118. The van der Waals surface area contributed by atoms with Gasteiger partial charge in [-0.3, -0.25) is 14.2 Å². The molecule has 9 heteroatoms. The number of ether oxygens (including phenoxy) is 1. The first kappa shape index (κ1) is 20.4. The molecule has 8 nitrogen and oxygen atoms in total. The maximum absolute atomic E-state index is 12.2. The zero-order valence-electron chi connectivity index (χ0n) is 15.9. The Labute approximate surface area is 172 Å². The van der Waals surface area contributed by atoms with E-state index in [0.717, 1.165) is 17.0 Å². The molecule has 2 aromatic carbocycles. The molecule has 3 rings (SSSR count). The zero-order valence-corrected chi connectivity index (χ0v) is 16.7. The lowest BCUT2D eigenvalue weighted by Gasteiger charge is -2.08. The Hall–Kier alpha value is -3.33. The highest BCUT2D eigenvalue weighted by Crippen LogP contribution is 2.21. The van der Waals surface area contributed by atoms with Crippen LogP contribution in [0.15, 0.2) is 60.0 Å². The van der Waals surface area contributed by atoms with E-state index in [0.29, 0.717) is 23.7 Å². The summed E-state index contributed by atoms with van der Waals surface area (Å²) in [6, 6.07) is 14.6. The van der Waals surface area contributed by atoms with Crippen LogP contribution >= 0.6 is 11.8 Å². The van der Waals surface area contributed by atoms with E-state index in [9.17, 15) is 9.59 Å². The van der Waals surface area contributed by atoms with Crippen molar-refractivity contribution in [2.24, 2.45) is 5.73 Å². The molecule has 0 unspecified atom stereocenters. The van der Waals surface area contributed by atoms with Crippen LogP contribution in [-0.4, -0.2) is 46.0 Å². The third-order valence-electron chi connectivity index (χ3n) is 4.15. The van der Waals surface area contributed by atoms with E-state index in [1.807, 2.05) is 34.9 Å². The van der Waals surface area contributed by atoms with Crippen LogP contribution in [0.2, 0.25) is 0 Å². The van der Waals surface area contributed by atoms with Crippen LogP contribution in [0, 0.1) is 0 Å². The zero-order chi connectivity index (χ0) is 20.6. The summed E-state index contributed by atoms with van der Waals surface area (Å²) in [5.41, 5.74) is 7.56. The summed E-state index contributed by atoms with van der Waals surface area (Å²) in [6.45, 7) is 0.465. The molecule has 0 saturated carbocycles. The van der Waals surface area contributed by atoms with E-state index in [1.165, 1.54) is 11.8 Å². The number of nitrogens with two attached hydrogens (primary N) is 1. The molecular weight excluding hydrogens is 390 g/mol. The van der Waals surface area contributed by atoms with Gasteiger partial charge in [0.15, 0.2) is 5.16 Å². The summed E-state index contributed by atoms with van der Waals surface area (Å²) >= 11 is 1.30. The average molecular weight is 411 g/mol. The van der Waals surface area contributed by atoms with Crippen molar-refractivity contribution in [3.05, 3.63) is 66.0 Å². The normalized spacial score (nSPS) is 10.5. The summed E-state index contributed by atoms with van der Waals surface area (Å²) in [6.07, 6.45) is 2.22. The van der Waals surface area contributed by atoms with Gasteiger partial charge in [-0.2, -0.15) is 0 Å². The van der Waals surface area contributed by atoms with Gasteiger partial charge in [-0.1, -0.05) is 23.9 Å². The highest BCUT2D eigenvalue weighted by atomic mass is 32.2. The predicted molar refractivity (Wildman–Crippen MR) is 110 cm³/mol. The van der Waals surface area contributed by atoms with Crippen molar-refractivity contribution in [3.63, 3.8) is 0 Å². The second-order valence-electron chi connectivity index (χ2n) is 6.13. The van der Waals surface area contributed by atoms with E-state index >= 15 is 0 Å². The molecule has 1 aromatic heterocycles. The number of methoxy groups -OCH3 is 1. The van der Waals surface area contributed by atoms with Gasteiger partial charge in [0.2, 0.25) is 11.8 Å². The minimum absolute atomic E-state index is 0.106. The van der Waals surface area contributed by atoms with E-state index in [1.54, 1.807) is 31.6 Å². The molecular formula is C20H21N5O3S. The van der Waals surface area contributed by atoms with Crippen LogP contribution in [0.3, 0.4) is 0 Å². The van der Waals surface area contributed by atoms with Crippen LogP contribution in [0.25, 0.3) is 5.69 Å². The van der Waals surface area contributed by atoms with Gasteiger partial charge < -0.3 is 15.8 Å². The summed E-state index contributed by atoms with van der Waals surface area (Å²) in [5.74, 6) is 0.409. The number of aromatic nitrogens is 3. The van der Waals surface area contributed by atoms with Gasteiger partial charge in [-0.05, 0) is 48.4 Å². The van der Waals surface area contributed by atoms with E-state index in [4.69, 9.17) is 10.5 Å². The van der Waals surface area contributed by atoms with Crippen LogP contribution < -0.4 is 15.8 Å². The second kappa shape index (κ2) is 9.74. The van der Waals surface area contributed by atoms with Crippen molar-refractivity contribution in [2.45, 2.75) is 11.6 Å². The maximum atomic E-state index is 12.2. The number of benzene rings is 2. The van der Waals surface area contributed by atoms with E-state index in [-0.39, 0.29) is 11.7 Å². The highest BCUT2D eigenvalue weighted by molar-refractivity contribution is 7.99. The molecule has 0 atom stereocenters. The minimum Gasteiger partial charge on any atom is -0.497 e. The maximum Gasteiger partial charge on any atom is 0.248 e. The molecule has 0 saturated heterocycles. The molecule has 0 spiro atoms. The number of rotatable bonds is 9. The molecule has 0 fully saturated rings. The van der Waals surface area contributed by atoms with Crippen molar-refractivity contribution in [1.29, 1.82) is 0 Å². The number of nitrogens with zero attached hydrogens (tertiary/aromatic N) is 3. The molecule has 29 heavy (non-hydrogen) atoms. The molecule has 0 aliphatic carbocycles. The molecule has 2 amide bonds. The summed E-state index contributed by atoms with van der Waals surface area (Å²) in [4.78, 5) is 23.4. The van der Waals surface area contributed by atoms with Crippen LogP contribution in [0.5, 0.6) is 5.75 Å². The Morgan fingerprint density at radius 1 is 1.21 bits per heavy atom. The molecule has 0 radical (unpaired) electrons. The number of carbonyl (C=O) groups excluding carboxylic acids is 2. The first-order chi connectivity index (χ1) is 14.1. The molecule has 3 N–H and O–H groups in total. The van der Waals surface area contributed by atoms with Crippen LogP contribution in [0.1, 0.15) is 15.9 Å². The van der Waals surface area contributed by atoms with Crippen molar-refractivity contribution in [3.8, 4) is 11.4 Å². The minimum atomic E-state index is -0.465. The SMILES string of the molecule is COc1ccc(-n2cnnc2SCC(=O)NCCc2cccc(C(N)=O)c2)cc1. The Balaban J connectivity index is 1.49. The van der Waals surface area contributed by atoms with Gasteiger partial charge in [0, 0.05) is 17.8 Å². The average Bonchev–Trinajstić information content (AvgIpc) is 3.21. The third-order valence-corrected chi connectivity index (χ3v) is 5.09. The van der Waals surface area contributed by atoms with Gasteiger partial charge in [0.25, 0.3) is 0 Å². The largest absolute Gasteiger partial charge is 0.497 e. The summed E-state index contributed by atoms with van der Waals surface area (Å²) < 4.78 is 6.97. The Kier molecular flexibility index (Phi) is 6.85. The number of nitrogens with one attached hydrogen (secondary N) is 1. The second-order valence-corrected chi connectivity index (χ2v) is 7.08. The molecule has 3 aromatic rings. The number of carbonyl (C=O) groups is 2. The summed E-state index contributed by atoms with van der Waals surface area (Å²) in [7, 11) is 1.61. The fourth-order valence-electron chi connectivity index (χ4n) is 2.65. The van der Waals surface area contributed by atoms with E-state index < -0.39 is 5.91 Å². The van der Waals surface area contributed by atoms with Crippen molar-refractivity contribution in [2.75, 3.05) is 19.4 Å². The fourth-order valence-corrected chi connectivity index (χ4v) is 3.41. The number of hydrogen-bond donors (Lipinski definition) is 2. The first-order valence-corrected chi connectivity index (χ1v) is 9.88. The standard InChI is InChI=1S/C20H21N5O3S/c1-28-17-7-5-16(6-8-17)25-13-23-24-20(25)29-12-18(26)22-10-9-14-3-2-4-15(11-14)19(21)27/h2-8,11,13H,9-10,12H2,1H3,(H2,21,27)(H,22,26). The molecule has 150 valence electrons. The Morgan fingerprint density at radius 2 is 2.00 bits per heavy atom. The Bertz CT molecular complexity index is 988. The summed E-state index contributed by atoms with van der Waals surface area (Å²) in [5, 5.41) is 11.5. The molecule has 0 aliphatic rings. The lowest BCUT2D eigenvalue weighted by Crippen LogP contribution is -2.27. The molecule has 1 heterocycles. The van der Waals surface area contributed by atoms with Crippen molar-refractivity contribution < 1.29 is 14.3 Å². The quantitative estimate of drug-likeness (QED) is 0.520. The molecule has 0 bridgehead atoms.